The maximum absolute atomic E-state index is 12.2. The fraction of sp³-hybridized carbons (Fsp3) is 0.316. The number of carbonyl (C=O) groups excluding carboxylic acids is 2. The number of nitrogens with zero attached hydrogens (tertiary/aromatic N) is 2. The van der Waals surface area contributed by atoms with Crippen LogP contribution in [0.1, 0.15) is 36.9 Å². The van der Waals surface area contributed by atoms with Crippen LogP contribution >= 0.6 is 0 Å². The largest absolute Gasteiger partial charge is 0.504 e. The molecule has 1 aromatic carbocycles. The maximum Gasteiger partial charge on any atom is 0.225 e. The minimum atomic E-state index is -0.202. The SMILES string of the molecule is CC(=O)N1C[C@H](CCC(=O)Nc2nc(C)ccc2O)c2ccccc21. The molecule has 2 heterocycles. The molecule has 2 aromatic rings. The molecule has 25 heavy (non-hydrogen) atoms. The smallest absolute Gasteiger partial charge is 0.225 e. The average Bonchev–Trinajstić information content (AvgIpc) is 2.95. The molecule has 1 aromatic heterocycles. The van der Waals surface area contributed by atoms with Crippen LogP contribution in [0.25, 0.3) is 0 Å². The van der Waals surface area contributed by atoms with Crippen LogP contribution in [0.2, 0.25) is 0 Å². The molecule has 0 bridgehead atoms. The highest BCUT2D eigenvalue weighted by Crippen LogP contribution is 2.38. The van der Waals surface area contributed by atoms with Gasteiger partial charge in [-0.2, -0.15) is 0 Å². The molecular formula is C19H21N3O3. The van der Waals surface area contributed by atoms with Crippen molar-refractivity contribution in [1.82, 2.24) is 4.98 Å². The topological polar surface area (TPSA) is 82.5 Å². The number of carbonyl (C=O) groups is 2. The van der Waals surface area contributed by atoms with Crippen LogP contribution in [0.3, 0.4) is 0 Å². The number of aromatic hydroxyl groups is 1. The van der Waals surface area contributed by atoms with Crippen LogP contribution in [0.15, 0.2) is 36.4 Å². The van der Waals surface area contributed by atoms with E-state index < -0.39 is 0 Å². The molecule has 3 rings (SSSR count). The molecule has 0 radical (unpaired) electrons. The van der Waals surface area contributed by atoms with E-state index in [2.05, 4.69) is 10.3 Å². The quantitative estimate of drug-likeness (QED) is 0.897. The molecular weight excluding hydrogens is 318 g/mol. The summed E-state index contributed by atoms with van der Waals surface area (Å²) in [6.45, 7) is 3.94. The number of rotatable bonds is 4. The lowest BCUT2D eigenvalue weighted by Crippen LogP contribution is -2.27. The summed E-state index contributed by atoms with van der Waals surface area (Å²) >= 11 is 0. The van der Waals surface area contributed by atoms with Crippen molar-refractivity contribution in [2.45, 2.75) is 32.6 Å². The third-order valence-corrected chi connectivity index (χ3v) is 4.44. The predicted octanol–water partition coefficient (Wildman–Crippen LogP) is 2.96. The minimum Gasteiger partial charge on any atom is -0.504 e. The standard InChI is InChI=1S/C19H21N3O3/c1-12-7-9-17(24)19(20-12)21-18(25)10-8-14-11-22(13(2)23)16-6-4-3-5-15(14)16/h3-7,9,14,24H,8,10-11H2,1-2H3,(H,20,21,25)/t14-/m0/s1. The van der Waals surface area contributed by atoms with E-state index in [4.69, 9.17) is 0 Å². The van der Waals surface area contributed by atoms with Gasteiger partial charge in [0, 0.05) is 37.2 Å². The van der Waals surface area contributed by atoms with Gasteiger partial charge in [0.05, 0.1) is 0 Å². The Hall–Kier alpha value is -2.89. The molecule has 0 saturated heterocycles. The van der Waals surface area contributed by atoms with Crippen molar-refractivity contribution in [3.8, 4) is 5.75 Å². The van der Waals surface area contributed by atoms with Crippen LogP contribution in [-0.2, 0) is 9.59 Å². The Labute approximate surface area is 146 Å². The van der Waals surface area contributed by atoms with Crippen molar-refractivity contribution in [3.05, 3.63) is 47.7 Å². The zero-order chi connectivity index (χ0) is 18.0. The molecule has 1 aliphatic heterocycles. The second-order valence-corrected chi connectivity index (χ2v) is 6.29. The number of fused-ring (bicyclic) bond motifs is 1. The Kier molecular flexibility index (Phi) is 4.70. The average molecular weight is 339 g/mol. The molecule has 0 unspecified atom stereocenters. The Balaban J connectivity index is 1.65. The van der Waals surface area contributed by atoms with Gasteiger partial charge in [-0.1, -0.05) is 18.2 Å². The zero-order valence-corrected chi connectivity index (χ0v) is 14.3. The third kappa shape index (κ3) is 3.63. The molecule has 130 valence electrons. The van der Waals surface area contributed by atoms with Crippen LogP contribution in [0, 0.1) is 6.92 Å². The molecule has 1 aliphatic rings. The van der Waals surface area contributed by atoms with Gasteiger partial charge in [-0.3, -0.25) is 9.59 Å². The van der Waals surface area contributed by atoms with Crippen LogP contribution in [0.5, 0.6) is 5.75 Å². The number of amides is 2. The summed E-state index contributed by atoms with van der Waals surface area (Å²) in [5, 5.41) is 12.4. The Morgan fingerprint density at radius 3 is 2.80 bits per heavy atom. The van der Waals surface area contributed by atoms with Crippen LogP contribution in [0.4, 0.5) is 11.5 Å². The van der Waals surface area contributed by atoms with Crippen molar-refractivity contribution >= 4 is 23.3 Å². The number of anilines is 2. The summed E-state index contributed by atoms with van der Waals surface area (Å²) in [6, 6.07) is 11.0. The number of aryl methyl sites for hydroxylation is 1. The van der Waals surface area contributed by atoms with Gasteiger partial charge >= 0.3 is 0 Å². The fourth-order valence-electron chi connectivity index (χ4n) is 3.18. The molecule has 0 spiro atoms. The van der Waals surface area contributed by atoms with E-state index in [0.717, 1.165) is 16.9 Å². The number of pyridine rings is 1. The molecule has 0 fully saturated rings. The summed E-state index contributed by atoms with van der Waals surface area (Å²) in [5.74, 6) is 0.0699. The molecule has 6 nitrogen and oxygen atoms in total. The molecule has 2 amide bonds. The van der Waals surface area contributed by atoms with E-state index in [0.29, 0.717) is 19.4 Å². The first kappa shape index (κ1) is 17.0. The van der Waals surface area contributed by atoms with E-state index in [-0.39, 0.29) is 29.3 Å². The van der Waals surface area contributed by atoms with Gasteiger partial charge in [-0.05, 0) is 37.1 Å². The molecule has 1 atom stereocenters. The first-order valence-corrected chi connectivity index (χ1v) is 8.29. The van der Waals surface area contributed by atoms with E-state index in [9.17, 15) is 14.7 Å². The number of hydrogen-bond donors (Lipinski definition) is 2. The summed E-state index contributed by atoms with van der Waals surface area (Å²) < 4.78 is 0. The van der Waals surface area contributed by atoms with Crippen molar-refractivity contribution in [1.29, 1.82) is 0 Å². The normalized spacial score (nSPS) is 15.8. The van der Waals surface area contributed by atoms with Crippen LogP contribution < -0.4 is 10.2 Å². The molecule has 0 aliphatic carbocycles. The number of hydrogen-bond acceptors (Lipinski definition) is 4. The third-order valence-electron chi connectivity index (χ3n) is 4.44. The first-order chi connectivity index (χ1) is 12.0. The number of aromatic nitrogens is 1. The lowest BCUT2D eigenvalue weighted by molar-refractivity contribution is -0.116. The molecule has 2 N–H and O–H groups in total. The summed E-state index contributed by atoms with van der Waals surface area (Å²) in [6.07, 6.45) is 0.916. The Bertz CT molecular complexity index is 819. The number of nitrogens with one attached hydrogen (secondary N) is 1. The summed E-state index contributed by atoms with van der Waals surface area (Å²) in [5.41, 5.74) is 2.75. The van der Waals surface area contributed by atoms with E-state index in [1.54, 1.807) is 24.8 Å². The van der Waals surface area contributed by atoms with E-state index in [1.807, 2.05) is 24.3 Å². The van der Waals surface area contributed by atoms with Gasteiger partial charge in [-0.15, -0.1) is 0 Å². The highest BCUT2D eigenvalue weighted by Gasteiger charge is 2.30. The lowest BCUT2D eigenvalue weighted by atomic mass is 9.96. The van der Waals surface area contributed by atoms with Gasteiger partial charge in [0.1, 0.15) is 0 Å². The Morgan fingerprint density at radius 2 is 2.04 bits per heavy atom. The minimum absolute atomic E-state index is 0.00767. The first-order valence-electron chi connectivity index (χ1n) is 8.29. The second-order valence-electron chi connectivity index (χ2n) is 6.29. The maximum atomic E-state index is 12.2. The zero-order valence-electron chi connectivity index (χ0n) is 14.3. The van der Waals surface area contributed by atoms with E-state index in [1.165, 1.54) is 6.07 Å². The molecule has 6 heteroatoms. The van der Waals surface area contributed by atoms with Gasteiger partial charge in [0.2, 0.25) is 11.8 Å². The van der Waals surface area contributed by atoms with Crippen molar-refractivity contribution in [2.24, 2.45) is 0 Å². The number of para-hydroxylation sites is 1. The second kappa shape index (κ2) is 6.93. The highest BCUT2D eigenvalue weighted by molar-refractivity contribution is 5.94. The van der Waals surface area contributed by atoms with E-state index >= 15 is 0 Å². The van der Waals surface area contributed by atoms with Gasteiger partial charge in [0.25, 0.3) is 0 Å². The lowest BCUT2D eigenvalue weighted by Gasteiger charge is -2.15. The molecule has 0 saturated carbocycles. The highest BCUT2D eigenvalue weighted by atomic mass is 16.3. The van der Waals surface area contributed by atoms with Gasteiger partial charge < -0.3 is 15.3 Å². The number of benzene rings is 1. The van der Waals surface area contributed by atoms with Gasteiger partial charge in [-0.25, -0.2) is 4.98 Å². The monoisotopic (exact) mass is 339 g/mol. The predicted molar refractivity (Wildman–Crippen MR) is 95.7 cm³/mol. The Morgan fingerprint density at radius 1 is 1.28 bits per heavy atom. The van der Waals surface area contributed by atoms with Crippen molar-refractivity contribution in [3.63, 3.8) is 0 Å². The van der Waals surface area contributed by atoms with Gasteiger partial charge in [0.15, 0.2) is 11.6 Å². The summed E-state index contributed by atoms with van der Waals surface area (Å²) in [4.78, 5) is 29.9. The van der Waals surface area contributed by atoms with Crippen molar-refractivity contribution in [2.75, 3.05) is 16.8 Å². The van der Waals surface area contributed by atoms with Crippen LogP contribution in [-0.4, -0.2) is 28.4 Å². The summed E-state index contributed by atoms with van der Waals surface area (Å²) in [7, 11) is 0. The fourth-order valence-corrected chi connectivity index (χ4v) is 3.18. The van der Waals surface area contributed by atoms with Crippen molar-refractivity contribution < 1.29 is 14.7 Å².